The fourth-order valence-electron chi connectivity index (χ4n) is 4.07. The standard InChI is InChI=1S/C20H23FN8S2/c1-2-16(19-24-25-26-29(19)12-14-4-3-9-30-14)27-5-7-28(8-6-27)20-23-18-15(21)10-13(22)11-17(18)31-20/h3-4,9-11,16H,2,5-8,12,22H2,1H3. The number of hydrogen-bond donors (Lipinski definition) is 1. The van der Waals surface area contributed by atoms with Gasteiger partial charge in [-0.05, 0) is 40.4 Å². The summed E-state index contributed by atoms with van der Waals surface area (Å²) in [5, 5.41) is 15.4. The van der Waals surface area contributed by atoms with Gasteiger partial charge in [0, 0.05) is 36.7 Å². The number of nitrogens with zero attached hydrogens (tertiary/aromatic N) is 7. The van der Waals surface area contributed by atoms with Gasteiger partial charge >= 0.3 is 0 Å². The summed E-state index contributed by atoms with van der Waals surface area (Å²) in [6, 6.07) is 7.42. The van der Waals surface area contributed by atoms with Gasteiger partial charge in [0.2, 0.25) is 0 Å². The summed E-state index contributed by atoms with van der Waals surface area (Å²) in [6.45, 7) is 6.23. The molecular formula is C20H23FN8S2. The van der Waals surface area contributed by atoms with Gasteiger partial charge in [0.25, 0.3) is 0 Å². The normalized spacial score (nSPS) is 16.3. The molecule has 1 aliphatic heterocycles. The van der Waals surface area contributed by atoms with Crippen molar-refractivity contribution >= 4 is 43.7 Å². The minimum atomic E-state index is -0.361. The maximum absolute atomic E-state index is 14.2. The lowest BCUT2D eigenvalue weighted by atomic mass is 10.1. The van der Waals surface area contributed by atoms with Crippen LogP contribution in [0, 0.1) is 5.82 Å². The van der Waals surface area contributed by atoms with E-state index in [0.29, 0.717) is 17.7 Å². The Balaban J connectivity index is 1.30. The van der Waals surface area contributed by atoms with Crippen molar-refractivity contribution in [3.05, 3.63) is 46.2 Å². The average Bonchev–Trinajstić information content (AvgIpc) is 3.51. The van der Waals surface area contributed by atoms with Gasteiger partial charge < -0.3 is 10.6 Å². The molecule has 1 fully saturated rings. The molecule has 0 radical (unpaired) electrons. The topological polar surface area (TPSA) is 89.0 Å². The Morgan fingerprint density at radius 3 is 2.81 bits per heavy atom. The molecule has 5 rings (SSSR count). The second kappa shape index (κ2) is 8.48. The predicted octanol–water partition coefficient (Wildman–Crippen LogP) is 3.39. The molecule has 4 aromatic rings. The molecule has 4 heterocycles. The van der Waals surface area contributed by atoms with Gasteiger partial charge in [-0.3, -0.25) is 4.90 Å². The number of halogens is 1. The summed E-state index contributed by atoms with van der Waals surface area (Å²) in [5.74, 6) is 0.543. The number of anilines is 2. The molecule has 31 heavy (non-hydrogen) atoms. The van der Waals surface area contributed by atoms with Crippen LogP contribution in [0.5, 0.6) is 0 Å². The first-order chi connectivity index (χ1) is 15.1. The van der Waals surface area contributed by atoms with Crippen LogP contribution >= 0.6 is 22.7 Å². The molecule has 1 saturated heterocycles. The molecule has 162 valence electrons. The number of hydrogen-bond acceptors (Lipinski definition) is 9. The van der Waals surface area contributed by atoms with Crippen LogP contribution in [-0.2, 0) is 6.54 Å². The smallest absolute Gasteiger partial charge is 0.186 e. The van der Waals surface area contributed by atoms with E-state index in [-0.39, 0.29) is 11.9 Å². The van der Waals surface area contributed by atoms with Crippen molar-refractivity contribution in [2.24, 2.45) is 0 Å². The van der Waals surface area contributed by atoms with Gasteiger partial charge in [-0.1, -0.05) is 24.3 Å². The quantitative estimate of drug-likeness (QED) is 0.443. The molecule has 2 N–H and O–H groups in total. The third-order valence-electron chi connectivity index (χ3n) is 5.62. The number of thiophene rings is 1. The Kier molecular flexibility index (Phi) is 5.55. The number of thiazole rings is 1. The highest BCUT2D eigenvalue weighted by atomic mass is 32.1. The predicted molar refractivity (Wildman–Crippen MR) is 122 cm³/mol. The van der Waals surface area contributed by atoms with E-state index >= 15 is 0 Å². The van der Waals surface area contributed by atoms with Gasteiger partial charge in [-0.15, -0.1) is 16.4 Å². The largest absolute Gasteiger partial charge is 0.399 e. The molecule has 11 heteroatoms. The van der Waals surface area contributed by atoms with Crippen LogP contribution in [-0.4, -0.2) is 56.3 Å². The average molecular weight is 459 g/mol. The molecule has 0 bridgehead atoms. The molecule has 0 amide bonds. The highest BCUT2D eigenvalue weighted by Crippen LogP contribution is 2.33. The number of benzene rings is 1. The van der Waals surface area contributed by atoms with Crippen LogP contribution in [0.15, 0.2) is 29.6 Å². The summed E-state index contributed by atoms with van der Waals surface area (Å²) in [4.78, 5) is 10.4. The number of nitrogens with two attached hydrogens (primary N) is 1. The monoisotopic (exact) mass is 458 g/mol. The second-order valence-corrected chi connectivity index (χ2v) is 9.61. The Bertz CT molecular complexity index is 1160. The first-order valence-corrected chi connectivity index (χ1v) is 11.9. The Hall–Kier alpha value is -2.63. The lowest BCUT2D eigenvalue weighted by molar-refractivity contribution is 0.169. The third-order valence-corrected chi connectivity index (χ3v) is 7.54. The molecular weight excluding hydrogens is 435 g/mol. The number of nitrogen functional groups attached to an aromatic ring is 1. The highest BCUT2D eigenvalue weighted by molar-refractivity contribution is 7.22. The van der Waals surface area contributed by atoms with E-state index in [4.69, 9.17) is 5.73 Å². The fraction of sp³-hybridized carbons (Fsp3) is 0.400. The second-order valence-electron chi connectivity index (χ2n) is 7.57. The molecule has 3 aromatic heterocycles. The molecule has 0 spiro atoms. The van der Waals surface area contributed by atoms with Gasteiger partial charge in [0.1, 0.15) is 5.52 Å². The first-order valence-electron chi connectivity index (χ1n) is 10.3. The van der Waals surface area contributed by atoms with E-state index in [1.807, 2.05) is 10.7 Å². The zero-order valence-electron chi connectivity index (χ0n) is 17.1. The van der Waals surface area contributed by atoms with Crippen LogP contribution in [0.25, 0.3) is 10.2 Å². The lowest BCUT2D eigenvalue weighted by Crippen LogP contribution is -2.48. The third kappa shape index (κ3) is 4.00. The molecule has 0 aliphatic carbocycles. The SMILES string of the molecule is CCC(c1nnnn1Cc1cccs1)N1CCN(c2nc3c(F)cc(N)cc3s2)CC1. The number of tetrazole rings is 1. The lowest BCUT2D eigenvalue weighted by Gasteiger charge is -2.38. The van der Waals surface area contributed by atoms with Crippen molar-refractivity contribution in [1.82, 2.24) is 30.1 Å². The van der Waals surface area contributed by atoms with Crippen LogP contribution in [0.4, 0.5) is 15.2 Å². The summed E-state index contributed by atoms with van der Waals surface area (Å²) < 4.78 is 16.9. The summed E-state index contributed by atoms with van der Waals surface area (Å²) in [6.07, 6.45) is 0.927. The van der Waals surface area contributed by atoms with E-state index in [2.05, 4.69) is 48.7 Å². The van der Waals surface area contributed by atoms with Crippen molar-refractivity contribution in [1.29, 1.82) is 0 Å². The number of aromatic nitrogens is 5. The van der Waals surface area contributed by atoms with E-state index < -0.39 is 0 Å². The maximum Gasteiger partial charge on any atom is 0.186 e. The van der Waals surface area contributed by atoms with Crippen LogP contribution in [0.1, 0.15) is 30.1 Å². The summed E-state index contributed by atoms with van der Waals surface area (Å²) >= 11 is 3.20. The van der Waals surface area contributed by atoms with Crippen LogP contribution in [0.2, 0.25) is 0 Å². The van der Waals surface area contributed by atoms with Gasteiger partial charge in [0.15, 0.2) is 16.8 Å². The van der Waals surface area contributed by atoms with Crippen molar-refractivity contribution in [2.45, 2.75) is 25.9 Å². The van der Waals surface area contributed by atoms with Crippen LogP contribution in [0.3, 0.4) is 0 Å². The Morgan fingerprint density at radius 1 is 1.23 bits per heavy atom. The minimum Gasteiger partial charge on any atom is -0.399 e. The Morgan fingerprint density at radius 2 is 2.06 bits per heavy atom. The molecule has 1 unspecified atom stereocenters. The molecule has 1 atom stereocenters. The van der Waals surface area contributed by atoms with Gasteiger partial charge in [-0.25, -0.2) is 14.1 Å². The summed E-state index contributed by atoms with van der Waals surface area (Å²) in [7, 11) is 0. The highest BCUT2D eigenvalue weighted by Gasteiger charge is 2.29. The fourth-order valence-corrected chi connectivity index (χ4v) is 5.84. The molecule has 8 nitrogen and oxygen atoms in total. The van der Waals surface area contributed by atoms with E-state index in [0.717, 1.165) is 48.3 Å². The van der Waals surface area contributed by atoms with Crippen molar-refractivity contribution in [3.63, 3.8) is 0 Å². The van der Waals surface area contributed by atoms with Gasteiger partial charge in [-0.2, -0.15) is 0 Å². The van der Waals surface area contributed by atoms with Crippen molar-refractivity contribution < 1.29 is 4.39 Å². The van der Waals surface area contributed by atoms with Crippen LogP contribution < -0.4 is 10.6 Å². The number of fused-ring (bicyclic) bond motifs is 1. The first kappa shape index (κ1) is 20.3. The zero-order valence-corrected chi connectivity index (χ0v) is 18.7. The molecule has 1 aromatic carbocycles. The van der Waals surface area contributed by atoms with E-state index in [9.17, 15) is 4.39 Å². The van der Waals surface area contributed by atoms with Crippen molar-refractivity contribution in [3.8, 4) is 0 Å². The van der Waals surface area contributed by atoms with E-state index in [1.54, 1.807) is 17.4 Å². The maximum atomic E-state index is 14.2. The van der Waals surface area contributed by atoms with E-state index in [1.165, 1.54) is 22.3 Å². The van der Waals surface area contributed by atoms with Crippen molar-refractivity contribution in [2.75, 3.05) is 36.8 Å². The van der Waals surface area contributed by atoms with Gasteiger partial charge in [0.05, 0.1) is 17.3 Å². The molecule has 1 aliphatic rings. The Labute approximate surface area is 187 Å². The number of piperazine rings is 1. The zero-order chi connectivity index (χ0) is 21.4. The number of rotatable bonds is 6. The summed E-state index contributed by atoms with van der Waals surface area (Å²) in [5.41, 5.74) is 6.61. The molecule has 0 saturated carbocycles. The minimum absolute atomic E-state index is 0.157.